The molecule has 1 N–H and O–H groups in total. The van der Waals surface area contributed by atoms with Crippen molar-refractivity contribution in [3.63, 3.8) is 0 Å². The summed E-state index contributed by atoms with van der Waals surface area (Å²) in [5.74, 6) is 1.02. The zero-order valence-corrected chi connectivity index (χ0v) is 15.3. The first-order valence-corrected chi connectivity index (χ1v) is 9.56. The Bertz CT molecular complexity index is 645. The standard InChI is InChI=1S/C20H31N3O/c1-4-11-23(12-5-2)16-7-6-8-17(13-16)24-20-10-9-19-18(15(20)3)14-21-22-19/h9-10,14,16-17H,4-8,11-13H2,1-3H3,(H,21,22)/t16-,17+/m1/s1. The summed E-state index contributed by atoms with van der Waals surface area (Å²) in [4.78, 5) is 2.68. The molecule has 1 heterocycles. The summed E-state index contributed by atoms with van der Waals surface area (Å²) in [5, 5.41) is 8.33. The van der Waals surface area contributed by atoms with Gasteiger partial charge < -0.3 is 9.64 Å². The minimum Gasteiger partial charge on any atom is -0.490 e. The first-order chi connectivity index (χ1) is 11.7. The highest BCUT2D eigenvalue weighted by Gasteiger charge is 2.27. The molecule has 4 nitrogen and oxygen atoms in total. The van der Waals surface area contributed by atoms with E-state index in [2.05, 4.69) is 48.0 Å². The molecule has 132 valence electrons. The van der Waals surface area contributed by atoms with E-state index in [-0.39, 0.29) is 0 Å². The number of benzene rings is 1. The number of hydrogen-bond donors (Lipinski definition) is 1. The zero-order chi connectivity index (χ0) is 16.9. The van der Waals surface area contributed by atoms with E-state index >= 15 is 0 Å². The maximum atomic E-state index is 6.43. The Hall–Kier alpha value is -1.55. The molecule has 3 rings (SSSR count). The molecule has 1 aliphatic carbocycles. The highest BCUT2D eigenvalue weighted by Crippen LogP contribution is 2.31. The van der Waals surface area contributed by atoms with Crippen LogP contribution in [0.1, 0.15) is 57.9 Å². The molecule has 24 heavy (non-hydrogen) atoms. The van der Waals surface area contributed by atoms with Crippen LogP contribution in [0.25, 0.3) is 10.9 Å². The molecule has 0 aliphatic heterocycles. The van der Waals surface area contributed by atoms with Crippen molar-refractivity contribution in [3.8, 4) is 5.75 Å². The fraction of sp³-hybridized carbons (Fsp3) is 0.650. The molecule has 1 aromatic carbocycles. The van der Waals surface area contributed by atoms with Gasteiger partial charge in [-0.15, -0.1) is 0 Å². The van der Waals surface area contributed by atoms with Crippen LogP contribution in [-0.2, 0) is 0 Å². The summed E-state index contributed by atoms with van der Waals surface area (Å²) >= 11 is 0. The monoisotopic (exact) mass is 329 g/mol. The lowest BCUT2D eigenvalue weighted by atomic mass is 9.91. The van der Waals surface area contributed by atoms with E-state index in [9.17, 15) is 0 Å². The van der Waals surface area contributed by atoms with Gasteiger partial charge in [0.25, 0.3) is 0 Å². The molecule has 2 aromatic rings. The largest absolute Gasteiger partial charge is 0.490 e. The quantitative estimate of drug-likeness (QED) is 0.801. The van der Waals surface area contributed by atoms with Gasteiger partial charge in [0.1, 0.15) is 11.9 Å². The Morgan fingerprint density at radius 3 is 2.75 bits per heavy atom. The average Bonchev–Trinajstić information content (AvgIpc) is 3.07. The van der Waals surface area contributed by atoms with E-state index in [1.54, 1.807) is 0 Å². The van der Waals surface area contributed by atoms with Crippen LogP contribution in [0.4, 0.5) is 0 Å². The number of fused-ring (bicyclic) bond motifs is 1. The van der Waals surface area contributed by atoms with Crippen molar-refractivity contribution in [2.75, 3.05) is 13.1 Å². The van der Waals surface area contributed by atoms with Crippen molar-refractivity contribution in [1.82, 2.24) is 15.1 Å². The van der Waals surface area contributed by atoms with Crippen molar-refractivity contribution in [3.05, 3.63) is 23.9 Å². The summed E-state index contributed by atoms with van der Waals surface area (Å²) in [7, 11) is 0. The molecule has 0 bridgehead atoms. The molecule has 4 heteroatoms. The lowest BCUT2D eigenvalue weighted by Crippen LogP contribution is -2.42. The molecule has 2 atom stereocenters. The van der Waals surface area contributed by atoms with Crippen molar-refractivity contribution in [2.24, 2.45) is 0 Å². The number of aromatic nitrogens is 2. The predicted molar refractivity (Wildman–Crippen MR) is 99.7 cm³/mol. The molecule has 0 saturated heterocycles. The van der Waals surface area contributed by atoms with E-state index < -0.39 is 0 Å². The Kier molecular flexibility index (Phi) is 5.77. The van der Waals surface area contributed by atoms with Gasteiger partial charge in [0, 0.05) is 17.0 Å². The minimum atomic E-state index is 0.336. The topological polar surface area (TPSA) is 41.1 Å². The second kappa shape index (κ2) is 8.02. The van der Waals surface area contributed by atoms with Gasteiger partial charge >= 0.3 is 0 Å². The Morgan fingerprint density at radius 2 is 2.00 bits per heavy atom. The molecule has 1 aromatic heterocycles. The third-order valence-corrected chi connectivity index (χ3v) is 5.27. The van der Waals surface area contributed by atoms with Crippen LogP contribution < -0.4 is 4.74 Å². The zero-order valence-electron chi connectivity index (χ0n) is 15.3. The van der Waals surface area contributed by atoms with Crippen molar-refractivity contribution >= 4 is 10.9 Å². The van der Waals surface area contributed by atoms with Gasteiger partial charge in [0.15, 0.2) is 0 Å². The predicted octanol–water partition coefficient (Wildman–Crippen LogP) is 4.68. The first-order valence-electron chi connectivity index (χ1n) is 9.56. The fourth-order valence-corrected chi connectivity index (χ4v) is 4.06. The highest BCUT2D eigenvalue weighted by molar-refractivity contribution is 5.83. The van der Waals surface area contributed by atoms with Gasteiger partial charge in [-0.25, -0.2) is 0 Å². The van der Waals surface area contributed by atoms with E-state index in [1.165, 1.54) is 56.1 Å². The van der Waals surface area contributed by atoms with Gasteiger partial charge in [-0.05, 0) is 70.7 Å². The second-order valence-corrected chi connectivity index (χ2v) is 7.12. The summed E-state index contributed by atoms with van der Waals surface area (Å²) in [6.45, 7) is 9.12. The number of H-pyrrole nitrogens is 1. The Labute approximate surface area is 145 Å². The third-order valence-electron chi connectivity index (χ3n) is 5.27. The van der Waals surface area contributed by atoms with Crippen LogP contribution in [0.2, 0.25) is 0 Å². The SMILES string of the molecule is CCCN(CCC)[C@@H]1CCC[C@H](Oc2ccc3[nH]ncc3c2C)C1. The number of rotatable bonds is 7. The van der Waals surface area contributed by atoms with Crippen LogP contribution in [0, 0.1) is 6.92 Å². The minimum absolute atomic E-state index is 0.336. The van der Waals surface area contributed by atoms with Gasteiger partial charge in [-0.2, -0.15) is 5.10 Å². The van der Waals surface area contributed by atoms with Crippen molar-refractivity contribution in [2.45, 2.75) is 71.4 Å². The average molecular weight is 329 g/mol. The molecular formula is C20H31N3O. The van der Waals surface area contributed by atoms with Gasteiger partial charge in [-0.1, -0.05) is 13.8 Å². The molecule has 0 radical (unpaired) electrons. The Morgan fingerprint density at radius 1 is 1.21 bits per heavy atom. The maximum Gasteiger partial charge on any atom is 0.123 e. The summed E-state index contributed by atoms with van der Waals surface area (Å²) in [5.41, 5.74) is 2.28. The molecule has 1 saturated carbocycles. The molecular weight excluding hydrogens is 298 g/mol. The van der Waals surface area contributed by atoms with E-state index in [1.807, 2.05) is 6.20 Å². The number of ether oxygens (including phenoxy) is 1. The van der Waals surface area contributed by atoms with E-state index in [0.717, 1.165) is 17.7 Å². The molecule has 0 amide bonds. The Balaban J connectivity index is 1.68. The van der Waals surface area contributed by atoms with Crippen molar-refractivity contribution in [1.29, 1.82) is 0 Å². The summed E-state index contributed by atoms with van der Waals surface area (Å²) in [6.07, 6.45) is 9.62. The lowest BCUT2D eigenvalue weighted by molar-refractivity contribution is 0.0757. The van der Waals surface area contributed by atoms with Crippen LogP contribution in [0.3, 0.4) is 0 Å². The fourth-order valence-electron chi connectivity index (χ4n) is 4.06. The number of hydrogen-bond acceptors (Lipinski definition) is 3. The normalized spacial score (nSPS) is 21.5. The number of aromatic amines is 1. The second-order valence-electron chi connectivity index (χ2n) is 7.12. The molecule has 1 aliphatic rings. The number of aryl methyl sites for hydroxylation is 1. The highest BCUT2D eigenvalue weighted by atomic mass is 16.5. The molecule has 0 spiro atoms. The van der Waals surface area contributed by atoms with Crippen LogP contribution >= 0.6 is 0 Å². The van der Waals surface area contributed by atoms with Gasteiger partial charge in [-0.3, -0.25) is 5.10 Å². The van der Waals surface area contributed by atoms with Crippen LogP contribution in [0.15, 0.2) is 18.3 Å². The maximum absolute atomic E-state index is 6.43. The van der Waals surface area contributed by atoms with Gasteiger partial charge in [0.05, 0.1) is 11.7 Å². The lowest BCUT2D eigenvalue weighted by Gasteiger charge is -2.37. The molecule has 1 fully saturated rings. The third kappa shape index (κ3) is 3.75. The summed E-state index contributed by atoms with van der Waals surface area (Å²) < 4.78 is 6.43. The number of nitrogens with zero attached hydrogens (tertiary/aromatic N) is 2. The van der Waals surface area contributed by atoms with E-state index in [0.29, 0.717) is 12.1 Å². The van der Waals surface area contributed by atoms with Gasteiger partial charge in [0.2, 0.25) is 0 Å². The van der Waals surface area contributed by atoms with Crippen LogP contribution in [-0.4, -0.2) is 40.3 Å². The van der Waals surface area contributed by atoms with Crippen molar-refractivity contribution < 1.29 is 4.74 Å². The van der Waals surface area contributed by atoms with E-state index in [4.69, 9.17) is 4.74 Å². The first kappa shape index (κ1) is 17.3. The molecule has 0 unspecified atom stereocenters. The number of nitrogens with one attached hydrogen (secondary N) is 1. The van der Waals surface area contributed by atoms with Crippen LogP contribution in [0.5, 0.6) is 5.75 Å². The summed E-state index contributed by atoms with van der Waals surface area (Å²) in [6, 6.07) is 4.85. The smallest absolute Gasteiger partial charge is 0.123 e.